The van der Waals surface area contributed by atoms with Crippen molar-refractivity contribution in [1.29, 1.82) is 0 Å². The minimum absolute atomic E-state index is 0.407. The third-order valence-corrected chi connectivity index (χ3v) is 2.41. The van der Waals surface area contributed by atoms with E-state index < -0.39 is 31.8 Å². The van der Waals surface area contributed by atoms with E-state index >= 15 is 0 Å². The molecule has 0 aliphatic carbocycles. The van der Waals surface area contributed by atoms with Gasteiger partial charge in [0.2, 0.25) is 5.28 Å². The first-order valence-corrected chi connectivity index (χ1v) is 5.55. The molecule has 0 bridgehead atoms. The number of carboxylic acids is 1. The van der Waals surface area contributed by atoms with Crippen LogP contribution in [0, 0.1) is 0 Å². The molecular formula is C6H5ClN2O4S. The van der Waals surface area contributed by atoms with E-state index in [0.717, 1.165) is 12.3 Å². The van der Waals surface area contributed by atoms with Crippen molar-refractivity contribution >= 4 is 27.4 Å². The van der Waals surface area contributed by atoms with E-state index in [1.54, 1.807) is 0 Å². The predicted octanol–water partition coefficient (Wildman–Crippen LogP) is 0.232. The average Bonchev–Trinajstić information content (AvgIpc) is 2.01. The quantitative estimate of drug-likeness (QED) is 0.583. The standard InChI is InChI=1S/C6H5ClN2O4S/c1-14(12,13)4-2-3(5(10)11)8-6(7)9-4/h2H,1H3,(H,10,11). The Bertz CT molecular complexity index is 485. The number of hydrogen-bond donors (Lipinski definition) is 1. The highest BCUT2D eigenvalue weighted by molar-refractivity contribution is 7.90. The molecule has 76 valence electrons. The maximum absolute atomic E-state index is 11.0. The Kier molecular flexibility index (Phi) is 2.72. The van der Waals surface area contributed by atoms with E-state index in [9.17, 15) is 13.2 Å². The van der Waals surface area contributed by atoms with Gasteiger partial charge in [-0.3, -0.25) is 0 Å². The highest BCUT2D eigenvalue weighted by atomic mass is 35.5. The van der Waals surface area contributed by atoms with Gasteiger partial charge in [0.05, 0.1) is 0 Å². The Morgan fingerprint density at radius 3 is 2.50 bits per heavy atom. The molecular weight excluding hydrogens is 232 g/mol. The van der Waals surface area contributed by atoms with Gasteiger partial charge in [-0.15, -0.1) is 0 Å². The first kappa shape index (κ1) is 10.9. The molecule has 0 aromatic carbocycles. The van der Waals surface area contributed by atoms with Gasteiger partial charge in [0, 0.05) is 12.3 Å². The van der Waals surface area contributed by atoms with Crippen molar-refractivity contribution in [3.05, 3.63) is 17.0 Å². The molecule has 0 saturated heterocycles. The number of aromatic nitrogens is 2. The average molecular weight is 237 g/mol. The lowest BCUT2D eigenvalue weighted by Gasteiger charge is -1.99. The lowest BCUT2D eigenvalue weighted by Crippen LogP contribution is -2.07. The number of nitrogens with zero attached hydrogens (tertiary/aromatic N) is 2. The molecule has 0 fully saturated rings. The van der Waals surface area contributed by atoms with Crippen LogP contribution in [-0.4, -0.2) is 35.7 Å². The number of carbonyl (C=O) groups is 1. The third-order valence-electron chi connectivity index (χ3n) is 1.27. The summed E-state index contributed by atoms with van der Waals surface area (Å²) in [5.74, 6) is -1.36. The maximum atomic E-state index is 11.0. The van der Waals surface area contributed by atoms with Gasteiger partial charge in [0.1, 0.15) is 0 Å². The van der Waals surface area contributed by atoms with Crippen LogP contribution in [0.5, 0.6) is 0 Å². The zero-order valence-corrected chi connectivity index (χ0v) is 8.50. The van der Waals surface area contributed by atoms with Crippen LogP contribution in [-0.2, 0) is 9.84 Å². The van der Waals surface area contributed by atoms with Gasteiger partial charge in [0.25, 0.3) is 0 Å². The van der Waals surface area contributed by atoms with Crippen LogP contribution in [0.25, 0.3) is 0 Å². The second kappa shape index (κ2) is 3.50. The smallest absolute Gasteiger partial charge is 0.354 e. The SMILES string of the molecule is CS(=O)(=O)c1cc(C(=O)O)nc(Cl)n1. The Morgan fingerprint density at radius 2 is 2.07 bits per heavy atom. The molecule has 8 heteroatoms. The highest BCUT2D eigenvalue weighted by Gasteiger charge is 2.15. The summed E-state index contributed by atoms with van der Waals surface area (Å²) in [7, 11) is -3.58. The fourth-order valence-electron chi connectivity index (χ4n) is 0.696. The van der Waals surface area contributed by atoms with Gasteiger partial charge in [-0.2, -0.15) is 0 Å². The normalized spacial score (nSPS) is 11.3. The van der Waals surface area contributed by atoms with Crippen molar-refractivity contribution in [3.8, 4) is 0 Å². The fourth-order valence-corrected chi connectivity index (χ4v) is 1.51. The molecule has 1 aromatic rings. The van der Waals surface area contributed by atoms with Crippen LogP contribution >= 0.6 is 11.6 Å². The van der Waals surface area contributed by atoms with Crippen LogP contribution in [0.4, 0.5) is 0 Å². The lowest BCUT2D eigenvalue weighted by atomic mass is 10.4. The van der Waals surface area contributed by atoms with Gasteiger partial charge < -0.3 is 5.11 Å². The van der Waals surface area contributed by atoms with Gasteiger partial charge in [-0.05, 0) is 11.6 Å². The summed E-state index contributed by atoms with van der Waals surface area (Å²) in [6.45, 7) is 0. The van der Waals surface area contributed by atoms with Crippen molar-refractivity contribution in [1.82, 2.24) is 9.97 Å². The van der Waals surface area contributed by atoms with Crippen LogP contribution in [0.3, 0.4) is 0 Å². The predicted molar refractivity (Wildman–Crippen MR) is 47.1 cm³/mol. The van der Waals surface area contributed by atoms with Gasteiger partial charge in [-0.1, -0.05) is 0 Å². The van der Waals surface area contributed by atoms with E-state index in [4.69, 9.17) is 16.7 Å². The van der Waals surface area contributed by atoms with Gasteiger partial charge >= 0.3 is 5.97 Å². The largest absolute Gasteiger partial charge is 0.477 e. The molecule has 14 heavy (non-hydrogen) atoms. The summed E-state index contributed by atoms with van der Waals surface area (Å²) in [4.78, 5) is 17.2. The number of rotatable bonds is 2. The van der Waals surface area contributed by atoms with E-state index in [1.165, 1.54) is 0 Å². The monoisotopic (exact) mass is 236 g/mol. The number of sulfone groups is 1. The van der Waals surface area contributed by atoms with Crippen molar-refractivity contribution in [3.63, 3.8) is 0 Å². The lowest BCUT2D eigenvalue weighted by molar-refractivity contribution is 0.0690. The summed E-state index contributed by atoms with van der Waals surface area (Å²) in [6, 6.07) is 0.851. The molecule has 1 rings (SSSR count). The molecule has 0 saturated carbocycles. The second-order valence-electron chi connectivity index (χ2n) is 2.44. The van der Waals surface area contributed by atoms with E-state index in [0.29, 0.717) is 0 Å². The van der Waals surface area contributed by atoms with Crippen molar-refractivity contribution in [2.24, 2.45) is 0 Å². The van der Waals surface area contributed by atoms with Crippen molar-refractivity contribution in [2.75, 3.05) is 6.26 Å². The molecule has 0 atom stereocenters. The topological polar surface area (TPSA) is 97.2 Å². The summed E-state index contributed by atoms with van der Waals surface area (Å²) < 4.78 is 22.0. The number of carboxylic acid groups (broad SMARTS) is 1. The molecule has 0 aliphatic heterocycles. The number of aromatic carboxylic acids is 1. The summed E-state index contributed by atoms with van der Waals surface area (Å²) in [6.07, 6.45) is 0.900. The Labute approximate surface area is 84.5 Å². The molecule has 1 heterocycles. The molecule has 1 N–H and O–H groups in total. The number of hydrogen-bond acceptors (Lipinski definition) is 5. The van der Waals surface area contributed by atoms with Crippen LogP contribution in [0.1, 0.15) is 10.5 Å². The first-order chi connectivity index (χ1) is 6.30. The van der Waals surface area contributed by atoms with Gasteiger partial charge in [-0.25, -0.2) is 23.2 Å². The zero-order chi connectivity index (χ0) is 10.9. The Hall–Kier alpha value is -1.21. The van der Waals surface area contributed by atoms with Gasteiger partial charge in [0.15, 0.2) is 20.6 Å². The molecule has 1 aromatic heterocycles. The second-order valence-corrected chi connectivity index (χ2v) is 4.74. The summed E-state index contributed by atoms with van der Waals surface area (Å²) >= 11 is 5.35. The molecule has 0 radical (unpaired) electrons. The first-order valence-electron chi connectivity index (χ1n) is 3.28. The maximum Gasteiger partial charge on any atom is 0.354 e. The van der Waals surface area contributed by atoms with Crippen LogP contribution in [0.2, 0.25) is 5.28 Å². The Balaban J connectivity index is 3.43. The highest BCUT2D eigenvalue weighted by Crippen LogP contribution is 2.10. The summed E-state index contributed by atoms with van der Waals surface area (Å²) in [5, 5.41) is 7.74. The van der Waals surface area contributed by atoms with Crippen molar-refractivity contribution < 1.29 is 18.3 Å². The van der Waals surface area contributed by atoms with Crippen LogP contribution < -0.4 is 0 Å². The molecule has 0 amide bonds. The zero-order valence-electron chi connectivity index (χ0n) is 6.93. The fraction of sp³-hybridized carbons (Fsp3) is 0.167. The molecule has 0 unspecified atom stereocenters. The summed E-state index contributed by atoms with van der Waals surface area (Å²) in [5.41, 5.74) is -0.453. The van der Waals surface area contributed by atoms with Crippen molar-refractivity contribution in [2.45, 2.75) is 5.03 Å². The minimum atomic E-state index is -3.58. The number of halogens is 1. The molecule has 0 aliphatic rings. The molecule has 6 nitrogen and oxygen atoms in total. The minimum Gasteiger partial charge on any atom is -0.477 e. The van der Waals surface area contributed by atoms with E-state index in [-0.39, 0.29) is 0 Å². The van der Waals surface area contributed by atoms with E-state index in [2.05, 4.69) is 9.97 Å². The molecule has 0 spiro atoms. The third kappa shape index (κ3) is 2.39. The van der Waals surface area contributed by atoms with E-state index in [1.807, 2.05) is 0 Å². The Morgan fingerprint density at radius 1 is 1.50 bits per heavy atom. The van der Waals surface area contributed by atoms with Crippen LogP contribution in [0.15, 0.2) is 11.1 Å².